The van der Waals surface area contributed by atoms with Crippen LogP contribution in [0.1, 0.15) is 76.9 Å². The van der Waals surface area contributed by atoms with Crippen molar-refractivity contribution in [2.24, 2.45) is 5.41 Å². The summed E-state index contributed by atoms with van der Waals surface area (Å²) in [6, 6.07) is 5.62. The van der Waals surface area contributed by atoms with Gasteiger partial charge >= 0.3 is 5.97 Å². The quantitative estimate of drug-likeness (QED) is 0.616. The monoisotopic (exact) mass is 457 g/mol. The van der Waals surface area contributed by atoms with Crippen molar-refractivity contribution in [3.63, 3.8) is 0 Å². The summed E-state index contributed by atoms with van der Waals surface area (Å²) in [6.45, 7) is 7.50. The fourth-order valence-corrected chi connectivity index (χ4v) is 4.52. The van der Waals surface area contributed by atoms with E-state index in [1.54, 1.807) is 19.1 Å². The first-order chi connectivity index (χ1) is 15.0. The minimum atomic E-state index is -1.14. The van der Waals surface area contributed by atoms with Crippen LogP contribution in [0.3, 0.4) is 0 Å². The van der Waals surface area contributed by atoms with Crippen LogP contribution in [0.5, 0.6) is 0 Å². The third kappa shape index (κ3) is 5.56. The molecule has 0 saturated heterocycles. The zero-order valence-electron chi connectivity index (χ0n) is 18.7. The molecule has 2 N–H and O–H groups in total. The Bertz CT molecular complexity index is 1080. The van der Waals surface area contributed by atoms with E-state index in [0.29, 0.717) is 36.1 Å². The number of hydrogen-bond acceptors (Lipinski definition) is 4. The van der Waals surface area contributed by atoms with Gasteiger partial charge in [-0.1, -0.05) is 17.9 Å². The summed E-state index contributed by atoms with van der Waals surface area (Å²) in [6.07, 6.45) is 1.65. The number of thiophene rings is 1. The summed E-state index contributed by atoms with van der Waals surface area (Å²) < 4.78 is 14.2. The molecule has 1 heterocycles. The lowest BCUT2D eigenvalue weighted by atomic mass is 9.91. The minimum absolute atomic E-state index is 0.0234. The first kappa shape index (κ1) is 24.0. The van der Waals surface area contributed by atoms with Gasteiger partial charge in [0.1, 0.15) is 10.7 Å². The Kier molecular flexibility index (Phi) is 7.06. The van der Waals surface area contributed by atoms with E-state index in [4.69, 9.17) is 0 Å². The summed E-state index contributed by atoms with van der Waals surface area (Å²) in [7, 11) is 0. The van der Waals surface area contributed by atoms with Crippen LogP contribution >= 0.6 is 11.3 Å². The number of hydrogen-bond donors (Lipinski definition) is 2. The van der Waals surface area contributed by atoms with E-state index in [1.165, 1.54) is 17.0 Å². The van der Waals surface area contributed by atoms with E-state index in [9.17, 15) is 24.2 Å². The van der Waals surface area contributed by atoms with Crippen molar-refractivity contribution >= 4 is 28.9 Å². The number of benzene rings is 1. The SMILES string of the molecule is Cc1ccc(C(=O)N(c2cc(C#CC(C)(C)C)sc2C(=O)O)C2CCC(O)CC2)cc1F. The molecule has 2 aromatic rings. The van der Waals surface area contributed by atoms with Crippen molar-refractivity contribution in [1.82, 2.24) is 0 Å². The molecule has 0 radical (unpaired) electrons. The number of aliphatic hydroxyl groups excluding tert-OH is 1. The van der Waals surface area contributed by atoms with Gasteiger partial charge in [-0.25, -0.2) is 9.18 Å². The average Bonchev–Trinajstić information content (AvgIpc) is 3.14. The molecule has 170 valence electrons. The molecular weight excluding hydrogens is 429 g/mol. The van der Waals surface area contributed by atoms with Crippen LogP contribution in [0.2, 0.25) is 0 Å². The maximum Gasteiger partial charge on any atom is 0.348 e. The predicted octanol–water partition coefficient (Wildman–Crippen LogP) is 5.24. The molecule has 1 aromatic heterocycles. The maximum atomic E-state index is 14.2. The van der Waals surface area contributed by atoms with Crippen LogP contribution in [-0.4, -0.2) is 34.2 Å². The van der Waals surface area contributed by atoms with Gasteiger partial charge in [-0.2, -0.15) is 0 Å². The Morgan fingerprint density at radius 1 is 1.16 bits per heavy atom. The first-order valence-electron chi connectivity index (χ1n) is 10.6. The number of nitrogens with zero attached hydrogens (tertiary/aromatic N) is 1. The van der Waals surface area contributed by atoms with E-state index in [-0.39, 0.29) is 27.6 Å². The van der Waals surface area contributed by atoms with E-state index in [1.807, 2.05) is 20.8 Å². The smallest absolute Gasteiger partial charge is 0.348 e. The van der Waals surface area contributed by atoms with Crippen molar-refractivity contribution in [3.05, 3.63) is 51.0 Å². The highest BCUT2D eigenvalue weighted by Gasteiger charge is 2.34. The number of carboxylic acid groups (broad SMARTS) is 1. The number of rotatable bonds is 4. The molecule has 0 bridgehead atoms. The van der Waals surface area contributed by atoms with Crippen LogP contribution in [0.15, 0.2) is 24.3 Å². The van der Waals surface area contributed by atoms with Crippen molar-refractivity contribution in [3.8, 4) is 11.8 Å². The van der Waals surface area contributed by atoms with Gasteiger partial charge in [0.15, 0.2) is 0 Å². The number of carbonyl (C=O) groups excluding carboxylic acids is 1. The topological polar surface area (TPSA) is 77.8 Å². The normalized spacial score (nSPS) is 18.6. The number of aliphatic hydroxyl groups is 1. The molecule has 1 saturated carbocycles. The largest absolute Gasteiger partial charge is 0.477 e. The molecule has 0 aliphatic heterocycles. The van der Waals surface area contributed by atoms with Gasteiger partial charge in [0.25, 0.3) is 5.91 Å². The zero-order chi connectivity index (χ0) is 23.6. The Morgan fingerprint density at radius 3 is 2.38 bits per heavy atom. The molecule has 0 unspecified atom stereocenters. The van der Waals surface area contributed by atoms with Gasteiger partial charge in [0.2, 0.25) is 0 Å². The second-order valence-electron chi connectivity index (χ2n) is 9.23. The third-order valence-corrected chi connectivity index (χ3v) is 6.42. The van der Waals surface area contributed by atoms with E-state index < -0.39 is 23.8 Å². The second-order valence-corrected chi connectivity index (χ2v) is 10.3. The Labute approximate surface area is 191 Å². The van der Waals surface area contributed by atoms with Crippen LogP contribution in [0.4, 0.5) is 10.1 Å². The van der Waals surface area contributed by atoms with Crippen molar-refractivity contribution in [2.45, 2.75) is 65.5 Å². The lowest BCUT2D eigenvalue weighted by molar-refractivity contribution is 0.0702. The van der Waals surface area contributed by atoms with E-state index in [0.717, 1.165) is 11.3 Å². The minimum Gasteiger partial charge on any atom is -0.477 e. The van der Waals surface area contributed by atoms with Crippen LogP contribution in [0.25, 0.3) is 0 Å². The highest BCUT2D eigenvalue weighted by molar-refractivity contribution is 7.15. The molecule has 1 amide bonds. The summed E-state index contributed by atoms with van der Waals surface area (Å²) in [5.74, 6) is 4.04. The van der Waals surface area contributed by atoms with E-state index in [2.05, 4.69) is 11.8 Å². The number of anilines is 1. The summed E-state index contributed by atoms with van der Waals surface area (Å²) in [5.41, 5.74) is 0.592. The van der Waals surface area contributed by atoms with Crippen LogP contribution in [0, 0.1) is 30.0 Å². The van der Waals surface area contributed by atoms with Crippen molar-refractivity contribution in [1.29, 1.82) is 0 Å². The molecule has 32 heavy (non-hydrogen) atoms. The number of halogens is 1. The molecule has 1 aliphatic rings. The fourth-order valence-electron chi connectivity index (χ4n) is 3.68. The van der Waals surface area contributed by atoms with Crippen molar-refractivity contribution in [2.75, 3.05) is 4.90 Å². The number of carbonyl (C=O) groups is 2. The third-order valence-electron chi connectivity index (χ3n) is 5.40. The van der Waals surface area contributed by atoms with Gasteiger partial charge in [-0.15, -0.1) is 11.3 Å². The molecule has 3 rings (SSSR count). The van der Waals surface area contributed by atoms with Crippen LogP contribution < -0.4 is 4.90 Å². The lowest BCUT2D eigenvalue weighted by Gasteiger charge is -2.35. The molecule has 0 atom stereocenters. The number of aromatic carboxylic acids is 1. The maximum absolute atomic E-state index is 14.2. The Morgan fingerprint density at radius 2 is 1.81 bits per heavy atom. The van der Waals surface area contributed by atoms with Gasteiger partial charge in [-0.3, -0.25) is 4.79 Å². The number of aryl methyl sites for hydroxylation is 1. The molecular formula is C25H28FNO4S. The Hall–Kier alpha value is -2.69. The van der Waals surface area contributed by atoms with Gasteiger partial charge in [-0.05, 0) is 77.1 Å². The molecule has 1 aromatic carbocycles. The molecule has 5 nitrogen and oxygen atoms in total. The molecule has 1 fully saturated rings. The highest BCUT2D eigenvalue weighted by Crippen LogP contribution is 2.36. The highest BCUT2D eigenvalue weighted by atomic mass is 32.1. The standard InChI is InChI=1S/C25H28FNO4S/c1-15-5-6-16(13-20(15)26)23(29)27(17-7-9-18(28)10-8-17)21-14-19(11-12-25(2,3)4)32-22(21)24(30)31/h5-6,13-14,17-18,28H,7-10H2,1-4H3,(H,30,31). The number of carboxylic acids is 1. The predicted molar refractivity (Wildman–Crippen MR) is 124 cm³/mol. The number of amides is 1. The molecule has 0 spiro atoms. The average molecular weight is 458 g/mol. The summed E-state index contributed by atoms with van der Waals surface area (Å²) >= 11 is 1.03. The summed E-state index contributed by atoms with van der Waals surface area (Å²) in [5, 5.41) is 19.8. The summed E-state index contributed by atoms with van der Waals surface area (Å²) in [4.78, 5) is 27.7. The van der Waals surface area contributed by atoms with Gasteiger partial charge in [0, 0.05) is 17.0 Å². The zero-order valence-corrected chi connectivity index (χ0v) is 19.6. The molecule has 1 aliphatic carbocycles. The van der Waals surface area contributed by atoms with Crippen LogP contribution in [-0.2, 0) is 0 Å². The van der Waals surface area contributed by atoms with Gasteiger partial charge in [0.05, 0.1) is 16.7 Å². The van der Waals surface area contributed by atoms with Crippen molar-refractivity contribution < 1.29 is 24.2 Å². The lowest BCUT2D eigenvalue weighted by Crippen LogP contribution is -2.43. The second kappa shape index (κ2) is 9.43. The Balaban J connectivity index is 2.11. The molecule has 7 heteroatoms. The van der Waals surface area contributed by atoms with Gasteiger partial charge < -0.3 is 15.1 Å². The fraction of sp³-hybridized carbons (Fsp3) is 0.440. The first-order valence-corrected chi connectivity index (χ1v) is 11.5. The van der Waals surface area contributed by atoms with E-state index >= 15 is 0 Å².